The lowest BCUT2D eigenvalue weighted by Crippen LogP contribution is -2.30. The van der Waals surface area contributed by atoms with Gasteiger partial charge >= 0.3 is 6.09 Å². The van der Waals surface area contributed by atoms with Crippen LogP contribution in [0.4, 0.5) is 16.2 Å². The number of hydrogen-bond donors (Lipinski definition) is 0. The molecule has 0 aliphatic carbocycles. The second-order valence-electron chi connectivity index (χ2n) is 6.62. The molecule has 0 bridgehead atoms. The van der Waals surface area contributed by atoms with E-state index in [2.05, 4.69) is 0 Å². The Morgan fingerprint density at radius 1 is 0.897 bits per heavy atom. The van der Waals surface area contributed by atoms with Gasteiger partial charge in [0.2, 0.25) is 0 Å². The molecule has 4 rings (SSSR count). The maximum absolute atomic E-state index is 12.9. The number of fused-ring (bicyclic) bond motifs is 2. The van der Waals surface area contributed by atoms with E-state index in [9.17, 15) is 13.2 Å². The number of amides is 1. The van der Waals surface area contributed by atoms with Gasteiger partial charge in [0, 0.05) is 9.79 Å². The molecule has 0 spiro atoms. The monoisotopic (exact) mass is 425 g/mol. The van der Waals surface area contributed by atoms with E-state index in [1.807, 2.05) is 55.5 Å². The molecule has 1 heterocycles. The molecule has 0 fully saturated rings. The minimum absolute atomic E-state index is 0.219. The molecule has 1 aliphatic heterocycles. The molecule has 3 aromatic rings. The van der Waals surface area contributed by atoms with Crippen molar-refractivity contribution >= 4 is 39.1 Å². The first-order chi connectivity index (χ1) is 14.0. The molecule has 5 nitrogen and oxygen atoms in total. The van der Waals surface area contributed by atoms with Crippen LogP contribution >= 0.6 is 11.8 Å². The standard InChI is InChI=1S/C22H19NO4S2/c1-16-10-12-17(13-11-16)29(25,26)15-14-27-22(24)23-18-6-2-4-8-20(18)28-21-9-5-3-7-19(21)23/h2-13H,14-15H2,1H3. The molecule has 0 N–H and O–H groups in total. The van der Waals surface area contributed by atoms with Gasteiger partial charge in [-0.3, -0.25) is 0 Å². The summed E-state index contributed by atoms with van der Waals surface area (Å²) in [5, 5.41) is 0. The van der Waals surface area contributed by atoms with Crippen molar-refractivity contribution in [1.82, 2.24) is 0 Å². The van der Waals surface area contributed by atoms with Crippen LogP contribution in [-0.4, -0.2) is 26.9 Å². The van der Waals surface area contributed by atoms with Crippen molar-refractivity contribution < 1.29 is 17.9 Å². The van der Waals surface area contributed by atoms with Crippen LogP contribution in [0.3, 0.4) is 0 Å². The number of anilines is 2. The third-order valence-electron chi connectivity index (χ3n) is 4.57. The number of benzene rings is 3. The summed E-state index contributed by atoms with van der Waals surface area (Å²) in [5.74, 6) is -0.270. The van der Waals surface area contributed by atoms with Crippen LogP contribution in [0.1, 0.15) is 5.56 Å². The van der Waals surface area contributed by atoms with E-state index >= 15 is 0 Å². The lowest BCUT2D eigenvalue weighted by atomic mass is 10.2. The van der Waals surface area contributed by atoms with E-state index in [0.29, 0.717) is 0 Å². The summed E-state index contributed by atoms with van der Waals surface area (Å²) in [6.45, 7) is 1.67. The van der Waals surface area contributed by atoms with Gasteiger partial charge in [0.05, 0.1) is 22.0 Å². The predicted molar refractivity (Wildman–Crippen MR) is 114 cm³/mol. The van der Waals surface area contributed by atoms with E-state index in [1.165, 1.54) is 4.90 Å². The van der Waals surface area contributed by atoms with Crippen molar-refractivity contribution in [3.8, 4) is 0 Å². The molecular formula is C22H19NO4S2. The van der Waals surface area contributed by atoms with Gasteiger partial charge in [-0.2, -0.15) is 0 Å². The Morgan fingerprint density at radius 3 is 2.03 bits per heavy atom. The van der Waals surface area contributed by atoms with Gasteiger partial charge in [-0.25, -0.2) is 18.1 Å². The summed E-state index contributed by atoms with van der Waals surface area (Å²) in [6, 6.07) is 21.8. The lowest BCUT2D eigenvalue weighted by molar-refractivity contribution is 0.163. The number of hydrogen-bond acceptors (Lipinski definition) is 5. The molecule has 7 heteroatoms. The van der Waals surface area contributed by atoms with Crippen molar-refractivity contribution in [2.24, 2.45) is 0 Å². The van der Waals surface area contributed by atoms with Gasteiger partial charge in [0.25, 0.3) is 0 Å². The van der Waals surface area contributed by atoms with Crippen molar-refractivity contribution in [2.45, 2.75) is 21.6 Å². The van der Waals surface area contributed by atoms with Crippen LogP contribution in [0.5, 0.6) is 0 Å². The molecule has 148 valence electrons. The number of rotatable bonds is 4. The number of nitrogens with zero attached hydrogens (tertiary/aromatic N) is 1. The van der Waals surface area contributed by atoms with Crippen molar-refractivity contribution in [1.29, 1.82) is 0 Å². The fourth-order valence-corrected chi connectivity index (χ4v) is 5.22. The van der Waals surface area contributed by atoms with Crippen LogP contribution in [-0.2, 0) is 14.6 Å². The van der Waals surface area contributed by atoms with E-state index in [-0.39, 0.29) is 17.3 Å². The second kappa shape index (κ2) is 7.93. The normalized spacial score (nSPS) is 12.8. The first-order valence-corrected chi connectivity index (χ1v) is 11.5. The van der Waals surface area contributed by atoms with E-state index in [0.717, 1.165) is 26.7 Å². The number of para-hydroxylation sites is 2. The average molecular weight is 426 g/mol. The van der Waals surface area contributed by atoms with Crippen molar-refractivity contribution in [3.63, 3.8) is 0 Å². The molecule has 29 heavy (non-hydrogen) atoms. The molecule has 0 saturated carbocycles. The van der Waals surface area contributed by atoms with Gasteiger partial charge in [-0.15, -0.1) is 0 Å². The molecule has 3 aromatic carbocycles. The number of ether oxygens (including phenoxy) is 1. The quantitative estimate of drug-likeness (QED) is 0.574. The maximum atomic E-state index is 12.9. The largest absolute Gasteiger partial charge is 0.448 e. The highest BCUT2D eigenvalue weighted by molar-refractivity contribution is 7.99. The van der Waals surface area contributed by atoms with Gasteiger partial charge in [0.1, 0.15) is 6.61 Å². The van der Waals surface area contributed by atoms with Crippen LogP contribution in [0.25, 0.3) is 0 Å². The second-order valence-corrected chi connectivity index (χ2v) is 9.81. The Hall–Kier alpha value is -2.77. The fraction of sp³-hybridized carbons (Fsp3) is 0.136. The van der Waals surface area contributed by atoms with Gasteiger partial charge < -0.3 is 4.74 Å². The Morgan fingerprint density at radius 2 is 1.45 bits per heavy atom. The molecule has 0 saturated heterocycles. The molecule has 0 radical (unpaired) electrons. The summed E-state index contributed by atoms with van der Waals surface area (Å²) < 4.78 is 30.4. The topological polar surface area (TPSA) is 63.7 Å². The number of carbonyl (C=O) groups excluding carboxylic acids is 1. The summed E-state index contributed by atoms with van der Waals surface area (Å²) in [7, 11) is -3.52. The number of carbonyl (C=O) groups is 1. The van der Waals surface area contributed by atoms with Crippen LogP contribution in [0.15, 0.2) is 87.5 Å². The Balaban J connectivity index is 1.51. The van der Waals surface area contributed by atoms with Crippen LogP contribution in [0.2, 0.25) is 0 Å². The van der Waals surface area contributed by atoms with Gasteiger partial charge in [0.15, 0.2) is 9.84 Å². The fourth-order valence-electron chi connectivity index (χ4n) is 3.07. The SMILES string of the molecule is Cc1ccc(S(=O)(=O)CCOC(=O)N2c3ccccc3Sc3ccccc32)cc1. The minimum atomic E-state index is -3.52. The first kappa shape index (κ1) is 19.5. The molecular weight excluding hydrogens is 406 g/mol. The highest BCUT2D eigenvalue weighted by Crippen LogP contribution is 2.48. The zero-order valence-electron chi connectivity index (χ0n) is 15.7. The number of aryl methyl sites for hydroxylation is 1. The lowest BCUT2D eigenvalue weighted by Gasteiger charge is -2.30. The summed E-state index contributed by atoms with van der Waals surface area (Å²) in [4.78, 5) is 16.5. The van der Waals surface area contributed by atoms with E-state index < -0.39 is 15.9 Å². The smallest absolute Gasteiger partial charge is 0.419 e. The molecule has 0 aromatic heterocycles. The summed E-state index contributed by atoms with van der Waals surface area (Å²) in [6.07, 6.45) is -0.593. The molecule has 1 amide bonds. The van der Waals surface area contributed by atoms with Gasteiger partial charge in [-0.05, 0) is 43.3 Å². The third-order valence-corrected chi connectivity index (χ3v) is 7.40. The molecule has 0 atom stereocenters. The average Bonchev–Trinajstić information content (AvgIpc) is 2.72. The highest BCUT2D eigenvalue weighted by atomic mass is 32.2. The zero-order chi connectivity index (χ0) is 20.4. The Kier molecular flexibility index (Phi) is 5.34. The van der Waals surface area contributed by atoms with Crippen molar-refractivity contribution in [3.05, 3.63) is 78.4 Å². The molecule has 1 aliphatic rings. The maximum Gasteiger partial charge on any atom is 0.419 e. The zero-order valence-corrected chi connectivity index (χ0v) is 17.4. The van der Waals surface area contributed by atoms with E-state index in [4.69, 9.17) is 4.74 Å². The van der Waals surface area contributed by atoms with Gasteiger partial charge in [-0.1, -0.05) is 53.7 Å². The Bertz CT molecular complexity index is 1110. The first-order valence-electron chi connectivity index (χ1n) is 9.08. The summed E-state index contributed by atoms with van der Waals surface area (Å²) in [5.41, 5.74) is 2.43. The number of sulfone groups is 1. The predicted octanol–water partition coefficient (Wildman–Crippen LogP) is 5.21. The third kappa shape index (κ3) is 4.02. The highest BCUT2D eigenvalue weighted by Gasteiger charge is 2.29. The minimum Gasteiger partial charge on any atom is -0.448 e. The van der Waals surface area contributed by atoms with E-state index in [1.54, 1.807) is 36.0 Å². The Labute approximate surface area is 174 Å². The van der Waals surface area contributed by atoms with Crippen LogP contribution < -0.4 is 4.90 Å². The van der Waals surface area contributed by atoms with Crippen molar-refractivity contribution in [2.75, 3.05) is 17.3 Å². The summed E-state index contributed by atoms with van der Waals surface area (Å²) >= 11 is 1.58. The molecule has 0 unspecified atom stereocenters. The van der Waals surface area contributed by atoms with Crippen LogP contribution in [0, 0.1) is 6.92 Å².